The number of aliphatic hydroxyl groups is 1. The average Bonchev–Trinajstić information content (AvgIpc) is 2.95. The summed E-state index contributed by atoms with van der Waals surface area (Å²) in [5.74, 6) is 0.606. The van der Waals surface area contributed by atoms with Gasteiger partial charge in [0.25, 0.3) is 5.91 Å². The summed E-state index contributed by atoms with van der Waals surface area (Å²) in [7, 11) is 1.84. The lowest BCUT2D eigenvalue weighted by Gasteiger charge is -2.21. The molecule has 0 aromatic rings. The highest BCUT2D eigenvalue weighted by atomic mass is 32.2. The zero-order valence-corrected chi connectivity index (χ0v) is 26.8. The molecule has 10 nitrogen and oxygen atoms in total. The fourth-order valence-electron chi connectivity index (χ4n) is 2.86. The topological polar surface area (TPSA) is 159 Å². The molecule has 0 fully saturated rings. The zero-order chi connectivity index (χ0) is 31.2. The van der Waals surface area contributed by atoms with E-state index in [1.54, 1.807) is 36.6 Å². The molecule has 1 atom stereocenters. The molecule has 1 unspecified atom stereocenters. The van der Waals surface area contributed by atoms with Crippen molar-refractivity contribution in [3.05, 3.63) is 72.2 Å². The quantitative estimate of drug-likeness (QED) is 0.0815. The van der Waals surface area contributed by atoms with Crippen LogP contribution >= 0.6 is 0 Å². The molecule has 0 aliphatic carbocycles. The highest BCUT2D eigenvalue weighted by Gasteiger charge is 2.14. The van der Waals surface area contributed by atoms with Crippen LogP contribution in [0, 0.1) is 0 Å². The van der Waals surface area contributed by atoms with Gasteiger partial charge in [-0.05, 0) is 59.5 Å². The summed E-state index contributed by atoms with van der Waals surface area (Å²) in [6, 6.07) is 0. The number of aldehydes is 1. The molecule has 0 aliphatic heterocycles. The fraction of sp³-hybridized carbons (Fsp3) is 0.500. The van der Waals surface area contributed by atoms with Gasteiger partial charge in [-0.3, -0.25) is 13.8 Å². The van der Waals surface area contributed by atoms with Crippen molar-refractivity contribution in [2.45, 2.75) is 47.5 Å². The number of nitrogens with zero attached hydrogens (tertiary/aromatic N) is 1. The SMILES string of the molecule is C/C=C/CS(=O)C/C=C/C(=C/C(NCC)=C(\C)CC(=O)N(CC)CCNC)C(=O)N/C=C/C.C=CCC=O.CO.O. The number of carbonyl (C=O) groups is 3. The van der Waals surface area contributed by atoms with Crippen LogP contribution < -0.4 is 16.0 Å². The largest absolute Gasteiger partial charge is 0.412 e. The van der Waals surface area contributed by atoms with Crippen LogP contribution in [0.1, 0.15) is 47.5 Å². The van der Waals surface area contributed by atoms with E-state index in [0.717, 1.165) is 31.2 Å². The van der Waals surface area contributed by atoms with E-state index in [0.29, 0.717) is 43.1 Å². The van der Waals surface area contributed by atoms with Crippen molar-refractivity contribution in [3.63, 3.8) is 0 Å². The van der Waals surface area contributed by atoms with Crippen molar-refractivity contribution in [2.75, 3.05) is 51.8 Å². The number of hydrogen-bond donors (Lipinski definition) is 4. The van der Waals surface area contributed by atoms with E-state index < -0.39 is 10.8 Å². The van der Waals surface area contributed by atoms with Gasteiger partial charge in [0.05, 0.1) is 0 Å². The number of allylic oxidation sites excluding steroid dienone is 4. The third-order valence-electron chi connectivity index (χ3n) is 4.91. The molecule has 0 aromatic heterocycles. The van der Waals surface area contributed by atoms with Crippen molar-refractivity contribution >= 4 is 28.9 Å². The summed E-state index contributed by atoms with van der Waals surface area (Å²) in [4.78, 5) is 36.6. The highest BCUT2D eigenvalue weighted by Crippen LogP contribution is 2.13. The Balaban J connectivity index is -0.000000765. The lowest BCUT2D eigenvalue weighted by Crippen LogP contribution is -2.36. The number of amides is 2. The normalized spacial score (nSPS) is 12.2. The van der Waals surface area contributed by atoms with Crippen LogP contribution in [-0.4, -0.2) is 89.6 Å². The minimum Gasteiger partial charge on any atom is -0.412 e. The van der Waals surface area contributed by atoms with Gasteiger partial charge in [0, 0.05) is 79.7 Å². The van der Waals surface area contributed by atoms with Gasteiger partial charge in [0.2, 0.25) is 5.91 Å². The molecule has 0 heterocycles. The van der Waals surface area contributed by atoms with Crippen LogP contribution in [0.4, 0.5) is 0 Å². The van der Waals surface area contributed by atoms with Crippen molar-refractivity contribution < 1.29 is 29.2 Å². The summed E-state index contributed by atoms with van der Waals surface area (Å²) in [5.41, 5.74) is 2.01. The van der Waals surface area contributed by atoms with E-state index in [1.807, 2.05) is 58.7 Å². The Hall–Kier alpha value is -3.12. The first-order valence-corrected chi connectivity index (χ1v) is 14.9. The van der Waals surface area contributed by atoms with Crippen LogP contribution in [-0.2, 0) is 25.2 Å². The molecule has 11 heteroatoms. The first-order chi connectivity index (χ1) is 19.2. The molecule has 0 radical (unpaired) electrons. The second kappa shape index (κ2) is 33.1. The maximum absolute atomic E-state index is 12.8. The van der Waals surface area contributed by atoms with Crippen LogP contribution in [0.5, 0.6) is 0 Å². The third-order valence-corrected chi connectivity index (χ3v) is 6.04. The van der Waals surface area contributed by atoms with Crippen molar-refractivity contribution in [2.24, 2.45) is 0 Å². The third kappa shape index (κ3) is 25.6. The zero-order valence-electron chi connectivity index (χ0n) is 26.0. The Morgan fingerprint density at radius 3 is 2.17 bits per heavy atom. The number of rotatable bonds is 18. The van der Waals surface area contributed by atoms with Gasteiger partial charge in [-0.15, -0.1) is 6.58 Å². The van der Waals surface area contributed by atoms with Crippen LogP contribution in [0.3, 0.4) is 0 Å². The molecule has 0 saturated carbocycles. The van der Waals surface area contributed by atoms with Crippen LogP contribution in [0.25, 0.3) is 0 Å². The molecule has 236 valence electrons. The number of aliphatic hydroxyl groups excluding tert-OH is 1. The molecular weight excluding hydrogens is 544 g/mol. The van der Waals surface area contributed by atoms with Gasteiger partial charge in [-0.1, -0.05) is 36.5 Å². The lowest BCUT2D eigenvalue weighted by atomic mass is 10.1. The smallest absolute Gasteiger partial charge is 0.255 e. The Kier molecular flexibility index (Phi) is 36.2. The Morgan fingerprint density at radius 2 is 1.71 bits per heavy atom. The predicted molar refractivity (Wildman–Crippen MR) is 173 cm³/mol. The van der Waals surface area contributed by atoms with E-state index in [4.69, 9.17) is 5.11 Å². The molecule has 0 bridgehead atoms. The fourth-order valence-corrected chi connectivity index (χ4v) is 3.72. The molecule has 2 amide bonds. The van der Waals surface area contributed by atoms with Gasteiger partial charge in [0.15, 0.2) is 0 Å². The average molecular weight is 599 g/mol. The van der Waals surface area contributed by atoms with E-state index in [1.165, 1.54) is 0 Å². The van der Waals surface area contributed by atoms with E-state index in [9.17, 15) is 18.6 Å². The number of carbonyl (C=O) groups excluding carboxylic acids is 3. The standard InChI is InChI=1S/C25H42N4O3S.C4H6O.CH4O.H2O/c1-7-11-17-33(32)18-12-13-22(25(31)28-14-8-2)20-23(27-9-3)21(5)19-24(30)29(10-4)16-15-26-6;1-2-3-4-5;1-2;/h7-8,11-14,20,26-27H,9-10,15-19H2,1-6H3,(H,28,31);2,4H,1,3H2;2H,1H3;1H2/b11-7+,13-12+,14-8+,22-20-,23-21-;;;. The Labute approximate surface area is 250 Å². The first kappa shape index (κ1) is 44.9. The summed E-state index contributed by atoms with van der Waals surface area (Å²) < 4.78 is 12.1. The Morgan fingerprint density at radius 1 is 1.07 bits per heavy atom. The monoisotopic (exact) mass is 598 g/mol. The van der Waals surface area contributed by atoms with Gasteiger partial charge in [0.1, 0.15) is 6.29 Å². The maximum Gasteiger partial charge on any atom is 0.255 e. The summed E-state index contributed by atoms with van der Waals surface area (Å²) in [6.45, 7) is 15.5. The summed E-state index contributed by atoms with van der Waals surface area (Å²) in [5, 5.41) is 16.1. The van der Waals surface area contributed by atoms with Crippen LogP contribution in [0.15, 0.2) is 72.2 Å². The van der Waals surface area contributed by atoms with Gasteiger partial charge in [-0.2, -0.15) is 0 Å². The van der Waals surface area contributed by atoms with Gasteiger partial charge < -0.3 is 36.2 Å². The van der Waals surface area contributed by atoms with Gasteiger partial charge >= 0.3 is 0 Å². The first-order valence-electron chi connectivity index (χ1n) is 13.4. The Bertz CT molecular complexity index is 889. The van der Waals surface area contributed by atoms with Crippen molar-refractivity contribution in [1.82, 2.24) is 20.9 Å². The van der Waals surface area contributed by atoms with Gasteiger partial charge in [-0.25, -0.2) is 0 Å². The number of hydrogen-bond acceptors (Lipinski definition) is 7. The van der Waals surface area contributed by atoms with E-state index >= 15 is 0 Å². The summed E-state index contributed by atoms with van der Waals surface area (Å²) in [6.07, 6.45) is 15.3. The molecule has 0 saturated heterocycles. The van der Waals surface area contributed by atoms with E-state index in [-0.39, 0.29) is 23.7 Å². The second-order valence-electron chi connectivity index (χ2n) is 7.99. The number of likely N-dealkylation sites (N-methyl/N-ethyl adjacent to an activating group) is 3. The highest BCUT2D eigenvalue weighted by molar-refractivity contribution is 7.85. The molecule has 0 aliphatic rings. The molecular formula is C30H54N4O6S. The van der Waals surface area contributed by atoms with E-state index in [2.05, 4.69) is 22.5 Å². The van der Waals surface area contributed by atoms with Crippen molar-refractivity contribution in [1.29, 1.82) is 0 Å². The molecule has 0 aromatic carbocycles. The second-order valence-corrected chi connectivity index (χ2v) is 9.53. The van der Waals surface area contributed by atoms with Crippen LogP contribution in [0.2, 0.25) is 0 Å². The molecule has 41 heavy (non-hydrogen) atoms. The predicted octanol–water partition coefficient (Wildman–Crippen LogP) is 2.33. The minimum atomic E-state index is -1.03. The molecule has 0 spiro atoms. The lowest BCUT2D eigenvalue weighted by molar-refractivity contribution is -0.130. The number of nitrogens with one attached hydrogen (secondary N) is 3. The van der Waals surface area contributed by atoms with Crippen molar-refractivity contribution in [3.8, 4) is 0 Å². The maximum atomic E-state index is 12.8. The molecule has 6 N–H and O–H groups in total. The summed E-state index contributed by atoms with van der Waals surface area (Å²) >= 11 is 0. The minimum absolute atomic E-state index is 0. The molecule has 0 rings (SSSR count).